The number of likely N-dealkylation sites (N-methyl/N-ethyl adjacent to an activating group) is 1. The Kier molecular flexibility index (Phi) is 8.33. The average Bonchev–Trinajstić information content (AvgIpc) is 3.12. The second-order valence-electron chi connectivity index (χ2n) is 6.24. The van der Waals surface area contributed by atoms with E-state index in [0.717, 1.165) is 17.9 Å². The number of carbonyl (C=O) groups excluding carboxylic acids is 1. The zero-order chi connectivity index (χ0) is 20.4. The standard InChI is InChI=1S/C20H27FN4O3/c1-15-9-13-28-18(15)19(26)23-10-4-11-24-20(22-2)25(3)12-14-27-17-7-5-16(21)6-8-17/h5-9,13H,4,10-12,14H2,1-3H3,(H,22,24)(H,23,26). The van der Waals surface area contributed by atoms with E-state index in [1.165, 1.54) is 18.4 Å². The van der Waals surface area contributed by atoms with Crippen LogP contribution in [0.3, 0.4) is 0 Å². The highest BCUT2D eigenvalue weighted by molar-refractivity contribution is 5.92. The van der Waals surface area contributed by atoms with Gasteiger partial charge in [0, 0.05) is 32.7 Å². The number of hydrogen-bond acceptors (Lipinski definition) is 4. The molecule has 28 heavy (non-hydrogen) atoms. The molecule has 7 nitrogen and oxygen atoms in total. The molecule has 0 aliphatic carbocycles. The van der Waals surface area contributed by atoms with Crippen LogP contribution in [0.2, 0.25) is 0 Å². The van der Waals surface area contributed by atoms with Crippen molar-refractivity contribution in [2.45, 2.75) is 13.3 Å². The number of aliphatic imine (C=N–C) groups is 1. The van der Waals surface area contributed by atoms with Crippen LogP contribution in [0.4, 0.5) is 4.39 Å². The molecule has 8 heteroatoms. The molecule has 1 aromatic carbocycles. The van der Waals surface area contributed by atoms with Crippen LogP contribution in [0.1, 0.15) is 22.5 Å². The first kappa shape index (κ1) is 21.3. The quantitative estimate of drug-likeness (QED) is 0.391. The molecule has 1 heterocycles. The number of benzene rings is 1. The Morgan fingerprint density at radius 1 is 1.21 bits per heavy atom. The van der Waals surface area contributed by atoms with Gasteiger partial charge in [-0.2, -0.15) is 0 Å². The summed E-state index contributed by atoms with van der Waals surface area (Å²) in [6.07, 6.45) is 2.25. The minimum absolute atomic E-state index is 0.207. The van der Waals surface area contributed by atoms with E-state index in [1.54, 1.807) is 25.2 Å². The third kappa shape index (κ3) is 6.61. The first-order chi connectivity index (χ1) is 13.5. The number of halogens is 1. The molecule has 0 atom stereocenters. The number of nitrogens with one attached hydrogen (secondary N) is 2. The molecule has 152 valence electrons. The summed E-state index contributed by atoms with van der Waals surface area (Å²) in [7, 11) is 3.62. The molecule has 1 amide bonds. The SMILES string of the molecule is CN=C(NCCCNC(=O)c1occc1C)N(C)CCOc1ccc(F)cc1. The van der Waals surface area contributed by atoms with Gasteiger partial charge in [-0.25, -0.2) is 4.39 Å². The van der Waals surface area contributed by atoms with Gasteiger partial charge in [-0.05, 0) is 43.7 Å². The number of guanidine groups is 1. The molecule has 0 saturated heterocycles. The lowest BCUT2D eigenvalue weighted by molar-refractivity contribution is 0.0925. The normalized spacial score (nSPS) is 11.2. The summed E-state index contributed by atoms with van der Waals surface area (Å²) >= 11 is 0. The monoisotopic (exact) mass is 390 g/mol. The number of furan rings is 1. The van der Waals surface area contributed by atoms with Crippen LogP contribution in [-0.4, -0.2) is 57.1 Å². The number of carbonyl (C=O) groups is 1. The van der Waals surface area contributed by atoms with E-state index < -0.39 is 0 Å². The molecule has 2 N–H and O–H groups in total. The van der Waals surface area contributed by atoms with Gasteiger partial charge in [0.1, 0.15) is 18.2 Å². The van der Waals surface area contributed by atoms with Crippen molar-refractivity contribution < 1.29 is 18.3 Å². The number of amides is 1. The summed E-state index contributed by atoms with van der Waals surface area (Å²) in [5.41, 5.74) is 0.820. The molecule has 0 aliphatic heterocycles. The maximum atomic E-state index is 12.9. The van der Waals surface area contributed by atoms with Crippen LogP contribution in [0.15, 0.2) is 46.0 Å². The van der Waals surface area contributed by atoms with Crippen LogP contribution in [0.5, 0.6) is 5.75 Å². The van der Waals surface area contributed by atoms with Crippen LogP contribution in [0, 0.1) is 12.7 Å². The van der Waals surface area contributed by atoms with Crippen molar-refractivity contribution in [1.29, 1.82) is 0 Å². The Bertz CT molecular complexity index is 774. The molecule has 0 saturated carbocycles. The van der Waals surface area contributed by atoms with E-state index in [0.29, 0.717) is 37.8 Å². The predicted molar refractivity (Wildman–Crippen MR) is 106 cm³/mol. The van der Waals surface area contributed by atoms with Gasteiger partial charge in [0.05, 0.1) is 12.8 Å². The third-order valence-electron chi connectivity index (χ3n) is 4.07. The van der Waals surface area contributed by atoms with Crippen molar-refractivity contribution in [3.63, 3.8) is 0 Å². The second kappa shape index (κ2) is 11.0. The zero-order valence-electron chi connectivity index (χ0n) is 16.5. The molecule has 0 unspecified atom stereocenters. The number of ether oxygens (including phenoxy) is 1. The Hall–Kier alpha value is -3.03. The third-order valence-corrected chi connectivity index (χ3v) is 4.07. The lowest BCUT2D eigenvalue weighted by Crippen LogP contribution is -2.41. The topological polar surface area (TPSA) is 79.1 Å². The Balaban J connectivity index is 1.62. The second-order valence-corrected chi connectivity index (χ2v) is 6.24. The van der Waals surface area contributed by atoms with E-state index in [9.17, 15) is 9.18 Å². The van der Waals surface area contributed by atoms with E-state index in [-0.39, 0.29) is 11.7 Å². The maximum Gasteiger partial charge on any atom is 0.287 e. The van der Waals surface area contributed by atoms with Gasteiger partial charge in [0.2, 0.25) is 0 Å². The molecule has 2 aromatic rings. The van der Waals surface area contributed by atoms with Crippen molar-refractivity contribution in [3.8, 4) is 5.75 Å². The van der Waals surface area contributed by atoms with Gasteiger partial charge >= 0.3 is 0 Å². The molecular weight excluding hydrogens is 363 g/mol. The van der Waals surface area contributed by atoms with E-state index in [2.05, 4.69) is 15.6 Å². The molecular formula is C20H27FN4O3. The number of rotatable bonds is 9. The summed E-state index contributed by atoms with van der Waals surface area (Å²) in [6.45, 7) is 4.08. The minimum atomic E-state index is -0.287. The fraction of sp³-hybridized carbons (Fsp3) is 0.400. The Morgan fingerprint density at radius 2 is 1.93 bits per heavy atom. The van der Waals surface area contributed by atoms with Gasteiger partial charge in [-0.3, -0.25) is 9.79 Å². The molecule has 0 aliphatic rings. The first-order valence-electron chi connectivity index (χ1n) is 9.13. The van der Waals surface area contributed by atoms with Crippen molar-refractivity contribution in [2.24, 2.45) is 4.99 Å². The lowest BCUT2D eigenvalue weighted by Gasteiger charge is -2.22. The largest absolute Gasteiger partial charge is 0.492 e. The zero-order valence-corrected chi connectivity index (χ0v) is 16.5. The first-order valence-corrected chi connectivity index (χ1v) is 9.13. The Morgan fingerprint density at radius 3 is 2.57 bits per heavy atom. The molecule has 0 bridgehead atoms. The highest BCUT2D eigenvalue weighted by atomic mass is 19.1. The van der Waals surface area contributed by atoms with Gasteiger partial charge in [-0.1, -0.05) is 0 Å². The highest BCUT2D eigenvalue weighted by Gasteiger charge is 2.11. The summed E-state index contributed by atoms with van der Waals surface area (Å²) in [5.74, 6) is 1.22. The number of nitrogens with zero attached hydrogens (tertiary/aromatic N) is 2. The molecule has 0 spiro atoms. The van der Waals surface area contributed by atoms with E-state index in [1.807, 2.05) is 18.9 Å². The summed E-state index contributed by atoms with van der Waals surface area (Å²) < 4.78 is 23.6. The predicted octanol–water partition coefficient (Wildman–Crippen LogP) is 2.43. The minimum Gasteiger partial charge on any atom is -0.492 e. The molecule has 0 radical (unpaired) electrons. The summed E-state index contributed by atoms with van der Waals surface area (Å²) in [6, 6.07) is 7.69. The van der Waals surface area contributed by atoms with E-state index in [4.69, 9.17) is 9.15 Å². The van der Waals surface area contributed by atoms with Crippen molar-refractivity contribution >= 4 is 11.9 Å². The van der Waals surface area contributed by atoms with Crippen molar-refractivity contribution in [3.05, 3.63) is 53.7 Å². The molecule has 1 aromatic heterocycles. The summed E-state index contributed by atoms with van der Waals surface area (Å²) in [5, 5.41) is 6.07. The summed E-state index contributed by atoms with van der Waals surface area (Å²) in [4.78, 5) is 18.1. The van der Waals surface area contributed by atoms with Crippen LogP contribution >= 0.6 is 0 Å². The van der Waals surface area contributed by atoms with Gasteiger partial charge in [-0.15, -0.1) is 0 Å². The Labute approximate surface area is 164 Å². The number of aryl methyl sites for hydroxylation is 1. The van der Waals surface area contributed by atoms with Gasteiger partial charge < -0.3 is 24.7 Å². The lowest BCUT2D eigenvalue weighted by atomic mass is 10.2. The van der Waals surface area contributed by atoms with Gasteiger partial charge in [0.25, 0.3) is 5.91 Å². The van der Waals surface area contributed by atoms with Crippen LogP contribution in [-0.2, 0) is 0 Å². The van der Waals surface area contributed by atoms with Crippen LogP contribution in [0.25, 0.3) is 0 Å². The smallest absolute Gasteiger partial charge is 0.287 e. The highest BCUT2D eigenvalue weighted by Crippen LogP contribution is 2.10. The number of hydrogen-bond donors (Lipinski definition) is 2. The van der Waals surface area contributed by atoms with Crippen molar-refractivity contribution in [1.82, 2.24) is 15.5 Å². The fourth-order valence-electron chi connectivity index (χ4n) is 2.50. The molecule has 0 fully saturated rings. The maximum absolute atomic E-state index is 12.9. The average molecular weight is 390 g/mol. The van der Waals surface area contributed by atoms with E-state index >= 15 is 0 Å². The van der Waals surface area contributed by atoms with Gasteiger partial charge in [0.15, 0.2) is 11.7 Å². The van der Waals surface area contributed by atoms with Crippen LogP contribution < -0.4 is 15.4 Å². The fourth-order valence-corrected chi connectivity index (χ4v) is 2.50. The van der Waals surface area contributed by atoms with Crippen molar-refractivity contribution in [2.75, 3.05) is 40.3 Å². The molecule has 2 rings (SSSR count).